The summed E-state index contributed by atoms with van der Waals surface area (Å²) < 4.78 is 116. The van der Waals surface area contributed by atoms with Crippen LogP contribution in [-0.4, -0.2) is 42.7 Å². The molecule has 1 N–H and O–H groups in total. The van der Waals surface area contributed by atoms with Crippen molar-refractivity contribution in [3.8, 4) is 0 Å². The average molecular weight is 681 g/mol. The van der Waals surface area contributed by atoms with Gasteiger partial charge in [-0.1, -0.05) is 29.3 Å². The van der Waals surface area contributed by atoms with Gasteiger partial charge in [-0.15, -0.1) is 0 Å². The van der Waals surface area contributed by atoms with Crippen molar-refractivity contribution in [2.45, 2.75) is 56.9 Å². The Bertz CT molecular complexity index is 1800. The second-order valence-corrected chi connectivity index (χ2v) is 16.6. The summed E-state index contributed by atoms with van der Waals surface area (Å²) in [6, 6.07) is 4.47. The minimum atomic E-state index is -5.49. The number of allylic oxidation sites excluding steroid dienone is 2. The second-order valence-electron chi connectivity index (χ2n) is 11.4. The van der Waals surface area contributed by atoms with Gasteiger partial charge in [0, 0.05) is 35.1 Å². The number of hydrogen-bond donors (Lipinski definition) is 1. The van der Waals surface area contributed by atoms with E-state index in [4.69, 9.17) is 27.6 Å². The van der Waals surface area contributed by atoms with E-state index in [0.717, 1.165) is 40.4 Å². The summed E-state index contributed by atoms with van der Waals surface area (Å²) >= 11 is 11.8. The van der Waals surface area contributed by atoms with E-state index in [1.165, 1.54) is 31.8 Å². The maximum Gasteiger partial charge on any atom is 0.426 e. The normalized spacial score (nSPS) is 19.8. The minimum Gasteiger partial charge on any atom is -0.396 e. The number of aromatic amines is 1. The molecule has 0 fully saturated rings. The maximum atomic E-state index is 14.3. The lowest BCUT2D eigenvalue weighted by atomic mass is 9.78. The van der Waals surface area contributed by atoms with E-state index in [1.54, 1.807) is 0 Å². The number of nitrogens with zero attached hydrogens (tertiary/aromatic N) is 1. The maximum absolute atomic E-state index is 14.3. The summed E-state index contributed by atoms with van der Waals surface area (Å²) in [5.41, 5.74) is -4.74. The largest absolute Gasteiger partial charge is 0.426 e. The van der Waals surface area contributed by atoms with Crippen LogP contribution in [0.4, 0.5) is 40.8 Å². The highest BCUT2D eigenvalue weighted by molar-refractivity contribution is 6.70. The number of rotatable bonds is 2. The van der Waals surface area contributed by atoms with Crippen molar-refractivity contribution in [3.63, 3.8) is 0 Å². The fraction of sp³-hybridized carbons (Fsp3) is 0.310. The van der Waals surface area contributed by atoms with Crippen molar-refractivity contribution < 1.29 is 44.3 Å². The van der Waals surface area contributed by atoms with Crippen molar-refractivity contribution >= 4 is 65.2 Å². The molecule has 2 aromatic carbocycles. The number of carbonyl (C=O) groups excluding carboxylic acids is 1. The fourth-order valence-corrected chi connectivity index (χ4v) is 7.29. The zero-order valence-corrected chi connectivity index (χ0v) is 25.6. The number of carbonyl (C=O) groups is 1. The summed E-state index contributed by atoms with van der Waals surface area (Å²) in [6.07, 6.45) is -8.07. The van der Waals surface area contributed by atoms with E-state index in [0.29, 0.717) is 30.4 Å². The van der Waals surface area contributed by atoms with Crippen LogP contribution in [0.5, 0.6) is 0 Å². The first-order valence-electron chi connectivity index (χ1n) is 13.1. The third-order valence-corrected chi connectivity index (χ3v) is 8.64. The first kappa shape index (κ1) is 32.4. The number of benzene rings is 2. The molecular weight excluding hydrogens is 659 g/mol. The molecule has 15 heteroatoms. The predicted octanol–water partition coefficient (Wildman–Crippen LogP) is 9.62. The number of aryl methyl sites for hydroxylation is 1. The minimum absolute atomic E-state index is 0.120. The molecular formula is C29H22Cl2F8N2O2Si. The van der Waals surface area contributed by atoms with Crippen LogP contribution >= 0.6 is 23.2 Å². The Labute approximate surface area is 256 Å². The van der Waals surface area contributed by atoms with Crippen molar-refractivity contribution in [1.29, 1.82) is 0 Å². The van der Waals surface area contributed by atoms with E-state index in [-0.39, 0.29) is 33.4 Å². The fourth-order valence-electron chi connectivity index (χ4n) is 5.55. The quantitative estimate of drug-likeness (QED) is 0.216. The van der Waals surface area contributed by atoms with E-state index in [2.05, 4.69) is 9.98 Å². The van der Waals surface area contributed by atoms with Gasteiger partial charge >= 0.3 is 12.4 Å². The number of aliphatic imine (C=N–C) groups is 1. The van der Waals surface area contributed by atoms with Crippen LogP contribution < -0.4 is 0 Å². The first-order valence-corrected chi connectivity index (χ1v) is 17.2. The highest BCUT2D eigenvalue weighted by atomic mass is 35.5. The molecule has 0 saturated heterocycles. The lowest BCUT2D eigenvalue weighted by molar-refractivity contribution is -0.228. The lowest BCUT2D eigenvalue weighted by Crippen LogP contribution is -2.62. The lowest BCUT2D eigenvalue weighted by Gasteiger charge is -2.44. The van der Waals surface area contributed by atoms with Crippen LogP contribution in [0, 0.1) is 11.6 Å². The van der Waals surface area contributed by atoms with Gasteiger partial charge in [-0.05, 0) is 62.0 Å². The SMILES string of the molecule is C[Si](C)(C)OC1(C(F)(F)F)C(C(F)(F)F)=CC=C2C1=Nc1c(Cl)cc(F)cc12.O=C1CCc2c([nH]c3c(Cl)cc(F)cc23)C1. The van der Waals surface area contributed by atoms with Crippen molar-refractivity contribution in [3.05, 3.63) is 80.5 Å². The van der Waals surface area contributed by atoms with Crippen LogP contribution in [0.1, 0.15) is 23.2 Å². The molecule has 234 valence electrons. The van der Waals surface area contributed by atoms with Crippen LogP contribution in [0.3, 0.4) is 0 Å². The molecule has 3 aliphatic rings. The molecule has 0 saturated carbocycles. The molecule has 44 heavy (non-hydrogen) atoms. The molecule has 0 spiro atoms. The van der Waals surface area contributed by atoms with Gasteiger partial charge in [-0.2, -0.15) is 26.3 Å². The van der Waals surface area contributed by atoms with Gasteiger partial charge in [0.1, 0.15) is 17.4 Å². The molecule has 0 radical (unpaired) electrons. The van der Waals surface area contributed by atoms with Gasteiger partial charge in [0.05, 0.1) is 32.5 Å². The Balaban J connectivity index is 0.000000201. The summed E-state index contributed by atoms with van der Waals surface area (Å²) in [7, 11) is -3.21. The van der Waals surface area contributed by atoms with Gasteiger partial charge in [-0.3, -0.25) is 4.79 Å². The molecule has 6 rings (SSSR count). The molecule has 1 unspecified atom stereocenters. The summed E-state index contributed by atoms with van der Waals surface area (Å²) in [4.78, 5) is 18.2. The highest BCUT2D eigenvalue weighted by Gasteiger charge is 2.70. The van der Waals surface area contributed by atoms with E-state index in [9.17, 15) is 39.9 Å². The van der Waals surface area contributed by atoms with Crippen LogP contribution in [0.15, 0.2) is 47.0 Å². The third-order valence-electron chi connectivity index (χ3n) is 7.14. The second kappa shape index (κ2) is 10.8. The molecule has 3 aromatic rings. The Morgan fingerprint density at radius 1 is 0.932 bits per heavy atom. The predicted molar refractivity (Wildman–Crippen MR) is 154 cm³/mol. The van der Waals surface area contributed by atoms with E-state index >= 15 is 0 Å². The first-order chi connectivity index (χ1) is 20.2. The summed E-state index contributed by atoms with van der Waals surface area (Å²) in [5, 5.41) is 0.875. The zero-order chi connectivity index (χ0) is 32.6. The zero-order valence-electron chi connectivity index (χ0n) is 23.1. The number of ketones is 1. The summed E-state index contributed by atoms with van der Waals surface area (Å²) in [6.45, 7) is 4.01. The molecule has 0 bridgehead atoms. The molecule has 1 atom stereocenters. The third kappa shape index (κ3) is 5.63. The monoisotopic (exact) mass is 680 g/mol. The topological polar surface area (TPSA) is 54.4 Å². The van der Waals surface area contributed by atoms with E-state index < -0.39 is 43.4 Å². The number of Topliss-reactive ketones (excluding diaryl/α,β-unsaturated/α-hetero) is 1. The number of nitrogens with one attached hydrogen (secondary N) is 1. The molecule has 1 aromatic heterocycles. The molecule has 0 amide bonds. The highest BCUT2D eigenvalue weighted by Crippen LogP contribution is 2.56. The van der Waals surface area contributed by atoms with Gasteiger partial charge in [0.15, 0.2) is 8.32 Å². The Morgan fingerprint density at radius 2 is 1.57 bits per heavy atom. The van der Waals surface area contributed by atoms with Crippen molar-refractivity contribution in [2.75, 3.05) is 0 Å². The number of aromatic nitrogens is 1. The van der Waals surface area contributed by atoms with E-state index in [1.807, 2.05) is 0 Å². The number of fused-ring (bicyclic) bond motifs is 6. The van der Waals surface area contributed by atoms with Crippen LogP contribution in [0.25, 0.3) is 16.5 Å². The number of halogens is 10. The van der Waals surface area contributed by atoms with Gasteiger partial charge in [0.25, 0.3) is 0 Å². The van der Waals surface area contributed by atoms with Crippen LogP contribution in [0.2, 0.25) is 29.7 Å². The summed E-state index contributed by atoms with van der Waals surface area (Å²) in [5.74, 6) is -0.970. The smallest absolute Gasteiger partial charge is 0.396 e. The number of alkyl halides is 6. The Hall–Kier alpha value is -3.00. The number of H-pyrrole nitrogens is 1. The Kier molecular flexibility index (Phi) is 7.96. The van der Waals surface area contributed by atoms with Gasteiger partial charge in [-0.25, -0.2) is 13.8 Å². The van der Waals surface area contributed by atoms with Crippen LogP contribution in [-0.2, 0) is 22.1 Å². The average Bonchev–Trinajstić information content (AvgIpc) is 3.41. The molecule has 2 heterocycles. The molecule has 1 aliphatic heterocycles. The Morgan fingerprint density at radius 3 is 2.18 bits per heavy atom. The van der Waals surface area contributed by atoms with Gasteiger partial charge in [0.2, 0.25) is 5.60 Å². The van der Waals surface area contributed by atoms with Gasteiger partial charge < -0.3 is 9.41 Å². The standard InChI is InChI=1S/C17H13ClF7NOSi.C12H9ClFNO/c1-28(2,3)27-15(17(23,24)25)12(16(20,21)22)5-4-9-10-6-8(19)7-11(18)13(10)26-14(9)15;13-10-4-6(14)3-9-8-2-1-7(16)5-11(8)15-12(9)10/h4-7H,1-3H3;3-4,15H,1-2,5H2. The van der Waals surface area contributed by atoms with Crippen molar-refractivity contribution in [1.82, 2.24) is 4.98 Å². The molecule has 2 aliphatic carbocycles. The molecule has 4 nitrogen and oxygen atoms in total. The van der Waals surface area contributed by atoms with Crippen molar-refractivity contribution in [2.24, 2.45) is 4.99 Å². The number of hydrogen-bond acceptors (Lipinski definition) is 3.